The monoisotopic (exact) mass is 165 g/mol. The molecule has 0 aliphatic carbocycles. The minimum Gasteiger partial charge on any atom is -0.401 e. The van der Waals surface area contributed by atoms with Crippen molar-refractivity contribution in [1.29, 1.82) is 10.7 Å². The standard InChI is InChI=1S/C9H15N3/c1-6(11)7(5-10)8(12)9(2,3)4/h12H,11H2,1-4H3/b7-6-,12-8?. The highest BCUT2D eigenvalue weighted by atomic mass is 14.6. The Morgan fingerprint density at radius 3 is 1.92 bits per heavy atom. The van der Waals surface area contributed by atoms with Gasteiger partial charge < -0.3 is 11.1 Å². The summed E-state index contributed by atoms with van der Waals surface area (Å²) in [6.45, 7) is 7.29. The van der Waals surface area contributed by atoms with Crippen molar-refractivity contribution in [3.8, 4) is 6.07 Å². The Bertz CT molecular complexity index is 256. The molecule has 0 aliphatic heterocycles. The number of nitrogens with zero attached hydrogens (tertiary/aromatic N) is 1. The Kier molecular flexibility index (Phi) is 3.03. The van der Waals surface area contributed by atoms with Crippen LogP contribution in [0.25, 0.3) is 0 Å². The summed E-state index contributed by atoms with van der Waals surface area (Å²) < 4.78 is 0. The first kappa shape index (κ1) is 10.7. The van der Waals surface area contributed by atoms with Crippen molar-refractivity contribution in [2.75, 3.05) is 0 Å². The van der Waals surface area contributed by atoms with Gasteiger partial charge in [0.25, 0.3) is 0 Å². The highest BCUT2D eigenvalue weighted by Gasteiger charge is 2.21. The van der Waals surface area contributed by atoms with Crippen LogP contribution in [0, 0.1) is 22.2 Å². The van der Waals surface area contributed by atoms with Crippen LogP contribution >= 0.6 is 0 Å². The third-order valence-corrected chi connectivity index (χ3v) is 1.51. The Morgan fingerprint density at radius 1 is 1.42 bits per heavy atom. The second kappa shape index (κ2) is 3.40. The van der Waals surface area contributed by atoms with Crippen LogP contribution < -0.4 is 5.73 Å². The van der Waals surface area contributed by atoms with Crippen molar-refractivity contribution < 1.29 is 0 Å². The van der Waals surface area contributed by atoms with Gasteiger partial charge in [0, 0.05) is 11.1 Å². The summed E-state index contributed by atoms with van der Waals surface area (Å²) in [4.78, 5) is 0. The maximum atomic E-state index is 8.70. The Hall–Kier alpha value is -1.30. The van der Waals surface area contributed by atoms with E-state index >= 15 is 0 Å². The van der Waals surface area contributed by atoms with Crippen LogP contribution in [0.1, 0.15) is 27.7 Å². The second-order valence-corrected chi connectivity index (χ2v) is 3.79. The Labute approximate surface area is 73.4 Å². The van der Waals surface area contributed by atoms with E-state index in [0.29, 0.717) is 17.0 Å². The Morgan fingerprint density at radius 2 is 1.83 bits per heavy atom. The number of hydrogen-bond donors (Lipinski definition) is 2. The van der Waals surface area contributed by atoms with Crippen LogP contribution in [0.3, 0.4) is 0 Å². The smallest absolute Gasteiger partial charge is 0.103 e. The zero-order valence-corrected chi connectivity index (χ0v) is 8.02. The van der Waals surface area contributed by atoms with Gasteiger partial charge in [-0.1, -0.05) is 20.8 Å². The van der Waals surface area contributed by atoms with Crippen LogP contribution in [0.5, 0.6) is 0 Å². The highest BCUT2D eigenvalue weighted by Crippen LogP contribution is 2.20. The molecule has 0 atom stereocenters. The molecule has 0 bridgehead atoms. The molecule has 0 aromatic heterocycles. The minimum absolute atomic E-state index is 0.294. The van der Waals surface area contributed by atoms with Crippen molar-refractivity contribution in [1.82, 2.24) is 0 Å². The van der Waals surface area contributed by atoms with Gasteiger partial charge >= 0.3 is 0 Å². The van der Waals surface area contributed by atoms with E-state index in [-0.39, 0.29) is 5.41 Å². The van der Waals surface area contributed by atoms with Gasteiger partial charge in [0.05, 0.1) is 11.3 Å². The quantitative estimate of drug-likeness (QED) is 0.459. The molecule has 0 heterocycles. The van der Waals surface area contributed by atoms with Gasteiger partial charge in [-0.2, -0.15) is 5.26 Å². The SMILES string of the molecule is C/C(N)=C(\C#N)C(=N)C(C)(C)C. The van der Waals surface area contributed by atoms with Gasteiger partial charge in [-0.3, -0.25) is 0 Å². The number of nitrogens with one attached hydrogen (secondary N) is 1. The summed E-state index contributed by atoms with van der Waals surface area (Å²) in [5.41, 5.74) is 6.15. The molecular weight excluding hydrogens is 150 g/mol. The fourth-order valence-electron chi connectivity index (χ4n) is 0.716. The summed E-state index contributed by atoms with van der Waals surface area (Å²) in [7, 11) is 0. The summed E-state index contributed by atoms with van der Waals surface area (Å²) >= 11 is 0. The van der Waals surface area contributed by atoms with Gasteiger partial charge in [-0.05, 0) is 6.92 Å². The van der Waals surface area contributed by atoms with Crippen LogP contribution in [0.4, 0.5) is 0 Å². The Balaban J connectivity index is 4.98. The predicted molar refractivity (Wildman–Crippen MR) is 49.7 cm³/mol. The molecule has 0 spiro atoms. The molecule has 0 radical (unpaired) electrons. The van der Waals surface area contributed by atoms with Crippen molar-refractivity contribution >= 4 is 5.71 Å². The molecule has 0 rings (SSSR count). The summed E-state index contributed by atoms with van der Waals surface area (Å²) in [6.07, 6.45) is 0. The lowest BCUT2D eigenvalue weighted by Crippen LogP contribution is -2.22. The molecule has 0 unspecified atom stereocenters. The first-order valence-electron chi connectivity index (χ1n) is 3.76. The number of allylic oxidation sites excluding steroid dienone is 2. The van der Waals surface area contributed by atoms with Gasteiger partial charge in [-0.25, -0.2) is 0 Å². The summed E-state index contributed by atoms with van der Waals surface area (Å²) in [5, 5.41) is 16.4. The first-order chi connectivity index (χ1) is 5.30. The van der Waals surface area contributed by atoms with Gasteiger partial charge in [-0.15, -0.1) is 0 Å². The molecule has 12 heavy (non-hydrogen) atoms. The van der Waals surface area contributed by atoms with Crippen LogP contribution in [0.15, 0.2) is 11.3 Å². The molecule has 0 aromatic rings. The largest absolute Gasteiger partial charge is 0.401 e. The highest BCUT2D eigenvalue weighted by molar-refractivity contribution is 6.05. The van der Waals surface area contributed by atoms with Gasteiger partial charge in [0.2, 0.25) is 0 Å². The lowest BCUT2D eigenvalue weighted by Gasteiger charge is -2.19. The van der Waals surface area contributed by atoms with Crippen molar-refractivity contribution in [3.63, 3.8) is 0 Å². The van der Waals surface area contributed by atoms with E-state index in [1.807, 2.05) is 26.8 Å². The topological polar surface area (TPSA) is 73.7 Å². The maximum Gasteiger partial charge on any atom is 0.103 e. The van der Waals surface area contributed by atoms with Crippen molar-refractivity contribution in [2.45, 2.75) is 27.7 Å². The number of nitriles is 1. The molecule has 3 nitrogen and oxygen atoms in total. The molecule has 0 saturated carbocycles. The second-order valence-electron chi connectivity index (χ2n) is 3.79. The molecule has 0 aliphatic rings. The molecule has 3 N–H and O–H groups in total. The van der Waals surface area contributed by atoms with E-state index in [1.165, 1.54) is 0 Å². The fourth-order valence-corrected chi connectivity index (χ4v) is 0.716. The molecular formula is C9H15N3. The normalized spacial score (nSPS) is 13.2. The molecule has 0 amide bonds. The summed E-state index contributed by atoms with van der Waals surface area (Å²) in [5.74, 6) is 0. The van der Waals surface area contributed by atoms with Crippen LogP contribution in [-0.2, 0) is 0 Å². The molecule has 3 heteroatoms. The lowest BCUT2D eigenvalue weighted by molar-refractivity contribution is 0.588. The predicted octanol–water partition coefficient (Wildman–Crippen LogP) is 1.81. The van der Waals surface area contributed by atoms with E-state index in [4.69, 9.17) is 16.4 Å². The average molecular weight is 165 g/mol. The van der Waals surface area contributed by atoms with E-state index in [9.17, 15) is 0 Å². The zero-order chi connectivity index (χ0) is 9.94. The summed E-state index contributed by atoms with van der Waals surface area (Å²) in [6, 6.07) is 1.94. The number of nitrogens with two attached hydrogens (primary N) is 1. The van der Waals surface area contributed by atoms with E-state index < -0.39 is 0 Å². The van der Waals surface area contributed by atoms with E-state index in [2.05, 4.69) is 0 Å². The van der Waals surface area contributed by atoms with E-state index in [0.717, 1.165) is 0 Å². The maximum absolute atomic E-state index is 8.70. The van der Waals surface area contributed by atoms with Crippen molar-refractivity contribution in [3.05, 3.63) is 11.3 Å². The molecule has 66 valence electrons. The third kappa shape index (κ3) is 2.39. The average Bonchev–Trinajstić information content (AvgIpc) is 1.86. The van der Waals surface area contributed by atoms with Crippen LogP contribution in [0.2, 0.25) is 0 Å². The van der Waals surface area contributed by atoms with Crippen molar-refractivity contribution in [2.24, 2.45) is 11.1 Å². The fraction of sp³-hybridized carbons (Fsp3) is 0.556. The number of hydrogen-bond acceptors (Lipinski definition) is 3. The molecule has 0 saturated heterocycles. The van der Waals surface area contributed by atoms with Gasteiger partial charge in [0.1, 0.15) is 6.07 Å². The first-order valence-corrected chi connectivity index (χ1v) is 3.76. The van der Waals surface area contributed by atoms with Crippen LogP contribution in [-0.4, -0.2) is 5.71 Å². The minimum atomic E-state index is -0.314. The van der Waals surface area contributed by atoms with Gasteiger partial charge in [0.15, 0.2) is 0 Å². The number of rotatable bonds is 1. The molecule has 0 fully saturated rings. The lowest BCUT2D eigenvalue weighted by atomic mass is 9.85. The molecule has 0 aromatic carbocycles. The third-order valence-electron chi connectivity index (χ3n) is 1.51. The zero-order valence-electron chi connectivity index (χ0n) is 8.02. The van der Waals surface area contributed by atoms with E-state index in [1.54, 1.807) is 6.92 Å².